The van der Waals surface area contributed by atoms with Gasteiger partial charge in [0.1, 0.15) is 5.65 Å². The molecule has 0 spiro atoms. The third-order valence-electron chi connectivity index (χ3n) is 4.61. The Kier molecular flexibility index (Phi) is 4.60. The third kappa shape index (κ3) is 3.41. The molecule has 4 rings (SSSR count). The Hall–Kier alpha value is -3.19. The topological polar surface area (TPSA) is 84.8 Å². The summed E-state index contributed by atoms with van der Waals surface area (Å²) in [6.45, 7) is 0.914. The molecule has 3 heterocycles. The molecule has 0 bridgehead atoms. The van der Waals surface area contributed by atoms with E-state index in [0.717, 1.165) is 38.8 Å². The van der Waals surface area contributed by atoms with Crippen LogP contribution in [0.5, 0.6) is 0 Å². The van der Waals surface area contributed by atoms with E-state index in [0.29, 0.717) is 19.6 Å². The number of nitrogens with zero attached hydrogens (tertiary/aromatic N) is 3. The molecule has 4 aromatic rings. The van der Waals surface area contributed by atoms with E-state index in [1.807, 2.05) is 42.3 Å². The Labute approximate surface area is 156 Å². The van der Waals surface area contributed by atoms with Crippen LogP contribution in [0.3, 0.4) is 0 Å². The molecule has 138 valence electrons. The number of aromatic nitrogens is 4. The Bertz CT molecular complexity index is 1110. The number of aromatic amines is 1. The average molecular weight is 363 g/mol. The minimum Gasteiger partial charge on any atom is -0.384 e. The van der Waals surface area contributed by atoms with E-state index in [-0.39, 0.29) is 5.91 Å². The SMILES string of the molecule is COCCC(=O)NCc1cccc(-c2cc3c(ncc4cnn(C)c43)[nH]2)c1. The molecule has 0 atom stereocenters. The highest BCUT2D eigenvalue weighted by atomic mass is 16.5. The third-order valence-corrected chi connectivity index (χ3v) is 4.61. The van der Waals surface area contributed by atoms with Gasteiger partial charge in [-0.05, 0) is 23.3 Å². The molecule has 1 amide bonds. The molecular formula is C20H21N5O2. The summed E-state index contributed by atoms with van der Waals surface area (Å²) < 4.78 is 6.79. The Morgan fingerprint density at radius 3 is 3.04 bits per heavy atom. The zero-order valence-electron chi connectivity index (χ0n) is 15.3. The van der Waals surface area contributed by atoms with Crippen molar-refractivity contribution in [3.05, 3.63) is 48.3 Å². The number of carbonyl (C=O) groups is 1. The predicted molar refractivity (Wildman–Crippen MR) is 104 cm³/mol. The number of H-pyrrole nitrogens is 1. The number of ether oxygens (including phenoxy) is 1. The summed E-state index contributed by atoms with van der Waals surface area (Å²) in [7, 11) is 3.52. The van der Waals surface area contributed by atoms with Gasteiger partial charge in [0.15, 0.2) is 0 Å². The molecule has 0 saturated carbocycles. The molecule has 0 saturated heterocycles. The van der Waals surface area contributed by atoms with Crippen LogP contribution in [-0.4, -0.2) is 39.4 Å². The smallest absolute Gasteiger partial charge is 0.222 e. The fourth-order valence-electron chi connectivity index (χ4n) is 3.23. The molecule has 27 heavy (non-hydrogen) atoms. The molecule has 7 heteroatoms. The zero-order valence-corrected chi connectivity index (χ0v) is 15.3. The van der Waals surface area contributed by atoms with Crippen molar-refractivity contribution in [1.82, 2.24) is 25.1 Å². The van der Waals surface area contributed by atoms with Gasteiger partial charge in [0.2, 0.25) is 5.91 Å². The van der Waals surface area contributed by atoms with Crippen molar-refractivity contribution in [2.75, 3.05) is 13.7 Å². The number of fused-ring (bicyclic) bond motifs is 3. The number of pyridine rings is 1. The lowest BCUT2D eigenvalue weighted by molar-refractivity contribution is -0.122. The first-order chi connectivity index (χ1) is 13.2. The second kappa shape index (κ2) is 7.20. The number of hydrogen-bond donors (Lipinski definition) is 2. The van der Waals surface area contributed by atoms with Crippen molar-refractivity contribution in [1.29, 1.82) is 0 Å². The highest BCUT2D eigenvalue weighted by Crippen LogP contribution is 2.28. The van der Waals surface area contributed by atoms with Crippen molar-refractivity contribution in [2.24, 2.45) is 7.05 Å². The van der Waals surface area contributed by atoms with Crippen LogP contribution in [0.15, 0.2) is 42.7 Å². The van der Waals surface area contributed by atoms with Crippen molar-refractivity contribution in [3.63, 3.8) is 0 Å². The van der Waals surface area contributed by atoms with E-state index < -0.39 is 0 Å². The Morgan fingerprint density at radius 2 is 2.19 bits per heavy atom. The van der Waals surface area contributed by atoms with Crippen LogP contribution < -0.4 is 5.32 Å². The van der Waals surface area contributed by atoms with Crippen molar-refractivity contribution in [2.45, 2.75) is 13.0 Å². The van der Waals surface area contributed by atoms with Crippen LogP contribution in [0, 0.1) is 0 Å². The van der Waals surface area contributed by atoms with Gasteiger partial charge in [0, 0.05) is 49.8 Å². The van der Waals surface area contributed by atoms with Gasteiger partial charge >= 0.3 is 0 Å². The van der Waals surface area contributed by atoms with Crippen LogP contribution >= 0.6 is 0 Å². The van der Waals surface area contributed by atoms with Gasteiger partial charge < -0.3 is 15.0 Å². The Balaban J connectivity index is 1.61. The number of methoxy groups -OCH3 is 1. The summed E-state index contributed by atoms with van der Waals surface area (Å²) in [6.07, 6.45) is 4.02. The standard InChI is InChI=1S/C20H21N5O2/c1-25-19-15(12-23-25)11-22-20-16(19)9-17(24-20)14-5-3-4-13(8-14)10-21-18(26)6-7-27-2/h3-5,8-9,11-12H,6-7,10H2,1-2H3,(H,21,26)(H,22,24). The summed E-state index contributed by atoms with van der Waals surface area (Å²) >= 11 is 0. The monoisotopic (exact) mass is 363 g/mol. The van der Waals surface area contributed by atoms with Gasteiger partial charge in [-0.25, -0.2) is 4.98 Å². The molecule has 2 N–H and O–H groups in total. The van der Waals surface area contributed by atoms with E-state index in [1.165, 1.54) is 0 Å². The number of aryl methyl sites for hydroxylation is 1. The average Bonchev–Trinajstić information content (AvgIpc) is 3.28. The van der Waals surface area contributed by atoms with Crippen LogP contribution in [0.25, 0.3) is 33.2 Å². The van der Waals surface area contributed by atoms with Gasteiger partial charge in [0.05, 0.1) is 18.3 Å². The maximum atomic E-state index is 11.8. The molecule has 7 nitrogen and oxygen atoms in total. The van der Waals surface area contributed by atoms with E-state index in [1.54, 1.807) is 7.11 Å². The summed E-state index contributed by atoms with van der Waals surface area (Å²) in [5.74, 6) is -0.0179. The number of hydrogen-bond acceptors (Lipinski definition) is 4. The summed E-state index contributed by atoms with van der Waals surface area (Å²) in [6, 6.07) is 10.2. The van der Waals surface area contributed by atoms with Crippen molar-refractivity contribution < 1.29 is 9.53 Å². The lowest BCUT2D eigenvalue weighted by Gasteiger charge is -2.06. The first kappa shape index (κ1) is 17.2. The van der Waals surface area contributed by atoms with Crippen LogP contribution in [0.1, 0.15) is 12.0 Å². The normalized spacial score (nSPS) is 11.3. The number of carbonyl (C=O) groups excluding carboxylic acids is 1. The van der Waals surface area contributed by atoms with E-state index in [2.05, 4.69) is 32.5 Å². The van der Waals surface area contributed by atoms with Gasteiger partial charge in [-0.1, -0.05) is 18.2 Å². The fourth-order valence-corrected chi connectivity index (χ4v) is 3.23. The number of amides is 1. The van der Waals surface area contributed by atoms with Gasteiger partial charge in [0.25, 0.3) is 0 Å². The van der Waals surface area contributed by atoms with Crippen LogP contribution in [-0.2, 0) is 23.1 Å². The summed E-state index contributed by atoms with van der Waals surface area (Å²) in [5.41, 5.74) is 4.96. The molecule has 0 aliphatic heterocycles. The number of benzene rings is 1. The molecule has 1 aromatic carbocycles. The molecule has 0 fully saturated rings. The second-order valence-electron chi connectivity index (χ2n) is 6.50. The number of nitrogens with one attached hydrogen (secondary N) is 2. The highest BCUT2D eigenvalue weighted by Gasteiger charge is 2.11. The van der Waals surface area contributed by atoms with Gasteiger partial charge in [-0.15, -0.1) is 0 Å². The molecule has 0 radical (unpaired) electrons. The zero-order chi connectivity index (χ0) is 18.8. The first-order valence-corrected chi connectivity index (χ1v) is 8.80. The van der Waals surface area contributed by atoms with E-state index >= 15 is 0 Å². The van der Waals surface area contributed by atoms with Crippen molar-refractivity contribution >= 4 is 27.8 Å². The van der Waals surface area contributed by atoms with Gasteiger partial charge in [-0.2, -0.15) is 5.10 Å². The molecular weight excluding hydrogens is 342 g/mol. The first-order valence-electron chi connectivity index (χ1n) is 8.80. The molecule has 0 unspecified atom stereocenters. The molecule has 3 aromatic heterocycles. The fraction of sp³-hybridized carbons (Fsp3) is 0.250. The second-order valence-corrected chi connectivity index (χ2v) is 6.50. The summed E-state index contributed by atoms with van der Waals surface area (Å²) in [5, 5.41) is 9.29. The van der Waals surface area contributed by atoms with Crippen LogP contribution in [0.2, 0.25) is 0 Å². The van der Waals surface area contributed by atoms with E-state index in [4.69, 9.17) is 4.74 Å². The molecule has 0 aliphatic rings. The highest BCUT2D eigenvalue weighted by molar-refractivity contribution is 6.04. The largest absolute Gasteiger partial charge is 0.384 e. The lowest BCUT2D eigenvalue weighted by atomic mass is 10.1. The summed E-state index contributed by atoms with van der Waals surface area (Å²) in [4.78, 5) is 19.7. The minimum atomic E-state index is -0.0179. The Morgan fingerprint density at radius 1 is 1.30 bits per heavy atom. The molecule has 0 aliphatic carbocycles. The van der Waals surface area contributed by atoms with Gasteiger partial charge in [-0.3, -0.25) is 9.48 Å². The van der Waals surface area contributed by atoms with Crippen molar-refractivity contribution in [3.8, 4) is 11.3 Å². The predicted octanol–water partition coefficient (Wildman–Crippen LogP) is 2.77. The van der Waals surface area contributed by atoms with E-state index in [9.17, 15) is 4.79 Å². The number of rotatable bonds is 6. The maximum absolute atomic E-state index is 11.8. The maximum Gasteiger partial charge on any atom is 0.222 e. The lowest BCUT2D eigenvalue weighted by Crippen LogP contribution is -2.23. The van der Waals surface area contributed by atoms with Crippen LogP contribution in [0.4, 0.5) is 0 Å². The minimum absolute atomic E-state index is 0.0179. The quantitative estimate of drug-likeness (QED) is 0.552.